The molecule has 1 aromatic heterocycles. The van der Waals surface area contributed by atoms with E-state index >= 15 is 0 Å². The molecule has 1 N–H and O–H groups in total. The predicted molar refractivity (Wildman–Crippen MR) is 104 cm³/mol. The Morgan fingerprint density at radius 2 is 1.62 bits per heavy atom. The Balaban J connectivity index is 1.67. The van der Waals surface area contributed by atoms with Gasteiger partial charge in [-0.15, -0.1) is 10.2 Å². The highest BCUT2D eigenvalue weighted by atomic mass is 16.5. The van der Waals surface area contributed by atoms with E-state index in [0.29, 0.717) is 5.95 Å². The van der Waals surface area contributed by atoms with Crippen molar-refractivity contribution >= 4 is 22.7 Å². The quantitative estimate of drug-likeness (QED) is 0.580. The Morgan fingerprint density at radius 1 is 0.846 bits per heavy atom. The number of nitrogens with zero attached hydrogens (tertiary/aromatic N) is 3. The first kappa shape index (κ1) is 16.0. The molecule has 5 heteroatoms. The summed E-state index contributed by atoms with van der Waals surface area (Å²) in [5.41, 5.74) is 5.83. The summed E-state index contributed by atoms with van der Waals surface area (Å²) in [5.74, 6) is 1.27. The number of nitrogens with one attached hydrogen (secondary N) is 1. The van der Waals surface area contributed by atoms with Crippen molar-refractivity contribution in [3.8, 4) is 16.9 Å². The Morgan fingerprint density at radius 3 is 2.35 bits per heavy atom. The number of methoxy groups -OCH3 is 1. The van der Waals surface area contributed by atoms with Crippen molar-refractivity contribution in [3.63, 3.8) is 0 Å². The number of rotatable bonds is 4. The van der Waals surface area contributed by atoms with Crippen molar-refractivity contribution in [1.82, 2.24) is 15.2 Å². The number of fused-ring (bicyclic) bond motifs is 1. The van der Waals surface area contributed by atoms with Crippen molar-refractivity contribution in [1.29, 1.82) is 0 Å². The SMILES string of the molecule is COc1ccc(Nc2nnc3cc(-c4ccccc4)cc(C)c3n2)cc1. The van der Waals surface area contributed by atoms with Gasteiger partial charge in [-0.3, -0.25) is 0 Å². The maximum absolute atomic E-state index is 5.17. The summed E-state index contributed by atoms with van der Waals surface area (Å²) in [4.78, 5) is 4.63. The molecule has 4 aromatic rings. The second kappa shape index (κ2) is 6.80. The zero-order valence-electron chi connectivity index (χ0n) is 14.6. The molecule has 0 radical (unpaired) electrons. The van der Waals surface area contributed by atoms with Crippen molar-refractivity contribution in [2.75, 3.05) is 12.4 Å². The van der Waals surface area contributed by atoms with Crippen molar-refractivity contribution in [3.05, 3.63) is 72.3 Å². The fourth-order valence-electron chi connectivity index (χ4n) is 2.87. The van der Waals surface area contributed by atoms with Crippen LogP contribution in [0.15, 0.2) is 66.7 Å². The summed E-state index contributed by atoms with van der Waals surface area (Å²) in [7, 11) is 1.64. The first-order valence-corrected chi connectivity index (χ1v) is 8.34. The van der Waals surface area contributed by atoms with Gasteiger partial charge in [-0.05, 0) is 60.0 Å². The topological polar surface area (TPSA) is 59.9 Å². The van der Waals surface area contributed by atoms with Crippen molar-refractivity contribution < 1.29 is 4.74 Å². The molecule has 0 unspecified atom stereocenters. The molecule has 5 nitrogen and oxygen atoms in total. The minimum atomic E-state index is 0.471. The molecule has 0 atom stereocenters. The van der Waals surface area contributed by atoms with Gasteiger partial charge < -0.3 is 10.1 Å². The summed E-state index contributed by atoms with van der Waals surface area (Å²) in [6.07, 6.45) is 0. The molecule has 0 aliphatic heterocycles. The van der Waals surface area contributed by atoms with E-state index in [1.165, 1.54) is 0 Å². The first-order valence-electron chi connectivity index (χ1n) is 8.34. The lowest BCUT2D eigenvalue weighted by atomic mass is 10.0. The molecule has 0 fully saturated rings. The van der Waals surface area contributed by atoms with Crippen LogP contribution >= 0.6 is 0 Å². The highest BCUT2D eigenvalue weighted by molar-refractivity contribution is 5.84. The second-order valence-corrected chi connectivity index (χ2v) is 6.02. The number of ether oxygens (including phenoxy) is 1. The van der Waals surface area contributed by atoms with E-state index in [0.717, 1.165) is 39.2 Å². The van der Waals surface area contributed by atoms with Gasteiger partial charge in [0.25, 0.3) is 0 Å². The average molecular weight is 342 g/mol. The molecule has 0 amide bonds. The van der Waals surface area contributed by atoms with Crippen LogP contribution in [0.2, 0.25) is 0 Å². The van der Waals surface area contributed by atoms with Gasteiger partial charge in [-0.1, -0.05) is 30.3 Å². The van der Waals surface area contributed by atoms with Gasteiger partial charge in [0, 0.05) is 5.69 Å². The number of aromatic nitrogens is 3. The minimum Gasteiger partial charge on any atom is -0.497 e. The molecule has 0 saturated heterocycles. The van der Waals surface area contributed by atoms with Gasteiger partial charge in [-0.25, -0.2) is 4.98 Å². The number of benzene rings is 3. The lowest BCUT2D eigenvalue weighted by Gasteiger charge is -2.09. The van der Waals surface area contributed by atoms with Crippen LogP contribution in [0.4, 0.5) is 11.6 Å². The van der Waals surface area contributed by atoms with Crippen LogP contribution in [0.25, 0.3) is 22.2 Å². The van der Waals surface area contributed by atoms with Gasteiger partial charge in [0.1, 0.15) is 11.3 Å². The largest absolute Gasteiger partial charge is 0.497 e. The Hall–Kier alpha value is -3.47. The van der Waals surface area contributed by atoms with Gasteiger partial charge in [0.05, 0.1) is 12.6 Å². The van der Waals surface area contributed by atoms with Gasteiger partial charge >= 0.3 is 0 Å². The van der Waals surface area contributed by atoms with E-state index in [4.69, 9.17) is 4.74 Å². The van der Waals surface area contributed by atoms with Crippen LogP contribution < -0.4 is 10.1 Å². The zero-order valence-corrected chi connectivity index (χ0v) is 14.6. The summed E-state index contributed by atoms with van der Waals surface area (Å²) in [6, 6.07) is 22.0. The van der Waals surface area contributed by atoms with Crippen LogP contribution in [0, 0.1) is 6.92 Å². The third kappa shape index (κ3) is 3.19. The number of hydrogen-bond donors (Lipinski definition) is 1. The summed E-state index contributed by atoms with van der Waals surface area (Å²) in [6.45, 7) is 2.04. The molecular formula is C21H18N4O. The van der Waals surface area contributed by atoms with E-state index in [2.05, 4.69) is 38.7 Å². The maximum atomic E-state index is 5.17. The van der Waals surface area contributed by atoms with Gasteiger partial charge in [0.15, 0.2) is 0 Å². The molecule has 0 aliphatic rings. The van der Waals surface area contributed by atoms with E-state index < -0.39 is 0 Å². The molecule has 0 aliphatic carbocycles. The second-order valence-electron chi connectivity index (χ2n) is 6.02. The van der Waals surface area contributed by atoms with E-state index in [1.807, 2.05) is 55.5 Å². The molecule has 0 spiro atoms. The number of anilines is 2. The smallest absolute Gasteiger partial charge is 0.247 e. The van der Waals surface area contributed by atoms with E-state index in [1.54, 1.807) is 7.11 Å². The van der Waals surface area contributed by atoms with E-state index in [-0.39, 0.29) is 0 Å². The molecular weight excluding hydrogens is 324 g/mol. The van der Waals surface area contributed by atoms with Crippen LogP contribution in [-0.4, -0.2) is 22.3 Å². The normalized spacial score (nSPS) is 10.7. The van der Waals surface area contributed by atoms with E-state index in [9.17, 15) is 0 Å². The monoisotopic (exact) mass is 342 g/mol. The zero-order chi connectivity index (χ0) is 17.9. The minimum absolute atomic E-state index is 0.471. The van der Waals surface area contributed by atoms with Crippen LogP contribution in [-0.2, 0) is 0 Å². The molecule has 128 valence electrons. The average Bonchev–Trinajstić information content (AvgIpc) is 2.69. The molecule has 0 bridgehead atoms. The Kier molecular flexibility index (Phi) is 4.19. The third-order valence-electron chi connectivity index (χ3n) is 4.20. The fraction of sp³-hybridized carbons (Fsp3) is 0.0952. The standard InChI is InChI=1S/C21H18N4O/c1-14-12-16(15-6-4-3-5-7-15)13-19-20(14)23-21(25-24-19)22-17-8-10-18(26-2)11-9-17/h3-13H,1-2H3,(H,22,23,25). The molecule has 4 rings (SSSR count). The molecule has 26 heavy (non-hydrogen) atoms. The predicted octanol–water partition coefficient (Wildman–Crippen LogP) is 4.75. The van der Waals surface area contributed by atoms with Crippen LogP contribution in [0.5, 0.6) is 5.75 Å². The lowest BCUT2D eigenvalue weighted by Crippen LogP contribution is -2.01. The highest BCUT2D eigenvalue weighted by Gasteiger charge is 2.08. The summed E-state index contributed by atoms with van der Waals surface area (Å²) < 4.78 is 5.17. The van der Waals surface area contributed by atoms with Gasteiger partial charge in [0.2, 0.25) is 5.95 Å². The molecule has 1 heterocycles. The molecule has 3 aromatic carbocycles. The van der Waals surface area contributed by atoms with Crippen LogP contribution in [0.1, 0.15) is 5.56 Å². The summed E-state index contributed by atoms with van der Waals surface area (Å²) >= 11 is 0. The summed E-state index contributed by atoms with van der Waals surface area (Å²) in [5, 5.41) is 11.8. The Bertz CT molecular complexity index is 1050. The fourth-order valence-corrected chi connectivity index (χ4v) is 2.87. The lowest BCUT2D eigenvalue weighted by molar-refractivity contribution is 0.415. The Labute approximate surface area is 151 Å². The van der Waals surface area contributed by atoms with Crippen molar-refractivity contribution in [2.24, 2.45) is 0 Å². The number of hydrogen-bond acceptors (Lipinski definition) is 5. The van der Waals surface area contributed by atoms with Crippen molar-refractivity contribution in [2.45, 2.75) is 6.92 Å². The number of aryl methyl sites for hydroxylation is 1. The first-order chi connectivity index (χ1) is 12.7. The van der Waals surface area contributed by atoms with Gasteiger partial charge in [-0.2, -0.15) is 0 Å². The van der Waals surface area contributed by atoms with Crippen LogP contribution in [0.3, 0.4) is 0 Å². The molecule has 0 saturated carbocycles. The maximum Gasteiger partial charge on any atom is 0.247 e. The third-order valence-corrected chi connectivity index (χ3v) is 4.20. The highest BCUT2D eigenvalue weighted by Crippen LogP contribution is 2.26.